The second-order valence-electron chi connectivity index (χ2n) is 4.24. The van der Waals surface area contributed by atoms with Crippen LogP contribution in [-0.4, -0.2) is 25.8 Å². The molecule has 18 heavy (non-hydrogen) atoms. The van der Waals surface area contributed by atoms with E-state index in [2.05, 4.69) is 0 Å². The van der Waals surface area contributed by atoms with E-state index in [-0.39, 0.29) is 16.1 Å². The fourth-order valence-electron chi connectivity index (χ4n) is 1.81. The lowest BCUT2D eigenvalue weighted by atomic mass is 10.2. The topological polar surface area (TPSA) is 63.4 Å². The van der Waals surface area contributed by atoms with Crippen LogP contribution in [0.5, 0.6) is 0 Å². The molecule has 0 unspecified atom stereocenters. The monoisotopic (exact) mass is 270 g/mol. The minimum Gasteiger partial charge on any atom is -0.398 e. The van der Waals surface area contributed by atoms with Gasteiger partial charge in [0, 0.05) is 24.3 Å². The van der Waals surface area contributed by atoms with Crippen molar-refractivity contribution < 1.29 is 12.8 Å². The minimum absolute atomic E-state index is 0.0848. The molecule has 0 amide bonds. The maximum atomic E-state index is 13.6. The molecule has 98 valence electrons. The predicted molar refractivity (Wildman–Crippen MR) is 68.1 cm³/mol. The van der Waals surface area contributed by atoms with Gasteiger partial charge in [0.05, 0.1) is 4.90 Å². The van der Waals surface area contributed by atoms with Crippen LogP contribution >= 0.6 is 0 Å². The maximum absolute atomic E-state index is 13.6. The summed E-state index contributed by atoms with van der Waals surface area (Å²) >= 11 is 0. The lowest BCUT2D eigenvalue weighted by Crippen LogP contribution is -2.33. The fraction of sp³-hybridized carbons (Fsp3) is 0.333. The fourth-order valence-corrected chi connectivity index (χ4v) is 3.26. The van der Waals surface area contributed by atoms with Crippen LogP contribution in [0.4, 0.5) is 10.1 Å². The van der Waals surface area contributed by atoms with Crippen molar-refractivity contribution in [2.45, 2.75) is 18.2 Å². The zero-order chi connectivity index (χ0) is 13.3. The van der Waals surface area contributed by atoms with Crippen LogP contribution in [0.25, 0.3) is 0 Å². The van der Waals surface area contributed by atoms with Crippen LogP contribution in [0.2, 0.25) is 0 Å². The number of anilines is 1. The first-order valence-electron chi connectivity index (χ1n) is 5.63. The lowest BCUT2D eigenvalue weighted by Gasteiger charge is -2.23. The zero-order valence-corrected chi connectivity index (χ0v) is 10.9. The Balaban J connectivity index is 2.44. The van der Waals surface area contributed by atoms with Crippen LogP contribution in [0, 0.1) is 12.7 Å². The molecular weight excluding hydrogens is 255 g/mol. The maximum Gasteiger partial charge on any atom is 0.243 e. The summed E-state index contributed by atoms with van der Waals surface area (Å²) in [6, 6.07) is 2.34. The molecule has 0 spiro atoms. The molecule has 1 aromatic rings. The first kappa shape index (κ1) is 13.0. The Morgan fingerprint density at radius 2 is 2.06 bits per heavy atom. The summed E-state index contributed by atoms with van der Waals surface area (Å²) in [4.78, 5) is -0.0848. The van der Waals surface area contributed by atoms with E-state index < -0.39 is 15.8 Å². The Bertz CT molecular complexity index is 573. The van der Waals surface area contributed by atoms with E-state index in [4.69, 9.17) is 5.73 Å². The number of benzene rings is 1. The van der Waals surface area contributed by atoms with E-state index >= 15 is 0 Å². The molecule has 2 N–H and O–H groups in total. The van der Waals surface area contributed by atoms with Crippen molar-refractivity contribution in [1.82, 2.24) is 4.31 Å². The van der Waals surface area contributed by atoms with Gasteiger partial charge in [0.15, 0.2) is 0 Å². The molecular formula is C12H15FN2O2S. The zero-order valence-electron chi connectivity index (χ0n) is 10.1. The highest BCUT2D eigenvalue weighted by atomic mass is 32.2. The highest BCUT2D eigenvalue weighted by Crippen LogP contribution is 2.24. The van der Waals surface area contributed by atoms with Crippen LogP contribution in [0.15, 0.2) is 29.2 Å². The first-order chi connectivity index (χ1) is 8.43. The van der Waals surface area contributed by atoms with E-state index in [1.165, 1.54) is 17.3 Å². The molecule has 2 rings (SSSR count). The molecule has 0 saturated heterocycles. The Morgan fingerprint density at radius 3 is 2.61 bits per heavy atom. The number of rotatable bonds is 2. The van der Waals surface area contributed by atoms with E-state index in [0.29, 0.717) is 19.5 Å². The van der Waals surface area contributed by atoms with Crippen molar-refractivity contribution in [2.75, 3.05) is 18.8 Å². The van der Waals surface area contributed by atoms with Gasteiger partial charge in [0.25, 0.3) is 0 Å². The quantitative estimate of drug-likeness (QED) is 0.656. The van der Waals surface area contributed by atoms with Crippen molar-refractivity contribution >= 4 is 15.7 Å². The largest absolute Gasteiger partial charge is 0.398 e. The molecule has 1 heterocycles. The number of hydrogen-bond acceptors (Lipinski definition) is 3. The molecule has 1 aliphatic rings. The van der Waals surface area contributed by atoms with Crippen LogP contribution in [0.3, 0.4) is 0 Å². The highest BCUT2D eigenvalue weighted by Gasteiger charge is 2.25. The molecule has 1 aliphatic heterocycles. The normalized spacial score (nSPS) is 17.0. The van der Waals surface area contributed by atoms with Crippen molar-refractivity contribution in [3.63, 3.8) is 0 Å². The van der Waals surface area contributed by atoms with Crippen LogP contribution in [-0.2, 0) is 10.0 Å². The Labute approximate surface area is 106 Å². The van der Waals surface area contributed by atoms with Crippen molar-refractivity contribution in [3.05, 3.63) is 35.7 Å². The molecule has 0 radical (unpaired) electrons. The standard InChI is InChI=1S/C12H15FN2O2S/c1-9-11(13)7-10(8-12(9)14)18(16,17)15-5-3-2-4-6-15/h2-3,7-8H,4-6,14H2,1H3. The van der Waals surface area contributed by atoms with E-state index in [0.717, 1.165) is 6.07 Å². The van der Waals surface area contributed by atoms with E-state index in [1.807, 2.05) is 6.08 Å². The number of nitrogens with zero attached hydrogens (tertiary/aromatic N) is 1. The predicted octanol–water partition coefficient (Wildman–Crippen LogP) is 1.67. The average molecular weight is 270 g/mol. The summed E-state index contributed by atoms with van der Waals surface area (Å²) < 4.78 is 39.4. The first-order valence-corrected chi connectivity index (χ1v) is 7.07. The second kappa shape index (κ2) is 4.70. The van der Waals surface area contributed by atoms with Gasteiger partial charge >= 0.3 is 0 Å². The Kier molecular flexibility index (Phi) is 3.41. The summed E-state index contributed by atoms with van der Waals surface area (Å²) in [5.74, 6) is -0.596. The van der Waals surface area contributed by atoms with Crippen LogP contribution in [0.1, 0.15) is 12.0 Å². The van der Waals surface area contributed by atoms with Gasteiger partial charge in [-0.05, 0) is 25.5 Å². The third kappa shape index (κ3) is 2.26. The van der Waals surface area contributed by atoms with Gasteiger partial charge < -0.3 is 5.73 Å². The molecule has 0 atom stereocenters. The Hall–Kier alpha value is -1.40. The molecule has 1 aromatic carbocycles. The van der Waals surface area contributed by atoms with Gasteiger partial charge in [-0.2, -0.15) is 4.31 Å². The third-order valence-electron chi connectivity index (χ3n) is 3.02. The molecule has 0 bridgehead atoms. The summed E-state index contributed by atoms with van der Waals surface area (Å²) in [6.45, 7) is 2.25. The van der Waals surface area contributed by atoms with Crippen molar-refractivity contribution in [3.8, 4) is 0 Å². The molecule has 0 saturated carbocycles. The lowest BCUT2D eigenvalue weighted by molar-refractivity contribution is 0.437. The second-order valence-corrected chi connectivity index (χ2v) is 6.18. The number of nitrogen functional groups attached to an aromatic ring is 1. The number of sulfonamides is 1. The van der Waals surface area contributed by atoms with E-state index in [9.17, 15) is 12.8 Å². The number of nitrogens with two attached hydrogens (primary N) is 1. The summed E-state index contributed by atoms with van der Waals surface area (Å²) in [5.41, 5.74) is 6.04. The highest BCUT2D eigenvalue weighted by molar-refractivity contribution is 7.89. The van der Waals surface area contributed by atoms with Crippen molar-refractivity contribution in [2.24, 2.45) is 0 Å². The van der Waals surface area contributed by atoms with Gasteiger partial charge in [-0.1, -0.05) is 12.2 Å². The average Bonchev–Trinajstić information content (AvgIpc) is 2.36. The van der Waals surface area contributed by atoms with Crippen LogP contribution < -0.4 is 5.73 Å². The SMILES string of the molecule is Cc1c(N)cc(S(=O)(=O)N2CC=CCC2)cc1F. The molecule has 0 aromatic heterocycles. The smallest absolute Gasteiger partial charge is 0.243 e. The summed E-state index contributed by atoms with van der Waals surface area (Å²) in [7, 11) is -3.66. The van der Waals surface area contributed by atoms with Gasteiger partial charge in [-0.25, -0.2) is 12.8 Å². The summed E-state index contributed by atoms with van der Waals surface area (Å²) in [6.07, 6.45) is 4.38. The third-order valence-corrected chi connectivity index (χ3v) is 4.86. The van der Waals surface area contributed by atoms with Gasteiger partial charge in [0.2, 0.25) is 10.0 Å². The molecule has 0 aliphatic carbocycles. The molecule has 0 fully saturated rings. The molecule has 4 nitrogen and oxygen atoms in total. The summed E-state index contributed by atoms with van der Waals surface area (Å²) in [5, 5.41) is 0. The van der Waals surface area contributed by atoms with Gasteiger partial charge in [0.1, 0.15) is 5.82 Å². The van der Waals surface area contributed by atoms with Crippen molar-refractivity contribution in [1.29, 1.82) is 0 Å². The Morgan fingerprint density at radius 1 is 1.33 bits per heavy atom. The van der Waals surface area contributed by atoms with Gasteiger partial charge in [-0.3, -0.25) is 0 Å². The molecule has 6 heteroatoms. The number of halogens is 1. The minimum atomic E-state index is -3.66. The number of hydrogen-bond donors (Lipinski definition) is 1. The van der Waals surface area contributed by atoms with Gasteiger partial charge in [-0.15, -0.1) is 0 Å². The van der Waals surface area contributed by atoms with E-state index in [1.54, 1.807) is 6.08 Å².